The van der Waals surface area contributed by atoms with Gasteiger partial charge in [-0.25, -0.2) is 0 Å². The first-order valence-corrected chi connectivity index (χ1v) is 7.63. The predicted octanol–water partition coefficient (Wildman–Crippen LogP) is 5.07. The Hall–Kier alpha value is -1.34. The van der Waals surface area contributed by atoms with Crippen LogP contribution in [0.25, 0.3) is 0 Å². The van der Waals surface area contributed by atoms with Gasteiger partial charge in [0.2, 0.25) is 0 Å². The van der Waals surface area contributed by atoms with Crippen molar-refractivity contribution < 1.29 is 4.74 Å². The molecule has 0 bridgehead atoms. The maximum absolute atomic E-state index is 5.14. The molecule has 0 fully saturated rings. The molecule has 1 heteroatoms. The SMILES string of the molecule is CCCCC#C/C(CC)=C(\C#COCC)CCCC. The van der Waals surface area contributed by atoms with Crippen molar-refractivity contribution in [2.45, 2.75) is 72.6 Å². The van der Waals surface area contributed by atoms with E-state index >= 15 is 0 Å². The Morgan fingerprint density at radius 2 is 1.63 bits per heavy atom. The van der Waals surface area contributed by atoms with Gasteiger partial charge in [-0.3, -0.25) is 0 Å². The van der Waals surface area contributed by atoms with Gasteiger partial charge in [-0.1, -0.05) is 45.5 Å². The molecule has 0 saturated carbocycles. The van der Waals surface area contributed by atoms with E-state index in [4.69, 9.17) is 4.74 Å². The monoisotopic (exact) mass is 260 g/mol. The molecular weight excluding hydrogens is 232 g/mol. The third-order valence-electron chi connectivity index (χ3n) is 2.81. The Morgan fingerprint density at radius 3 is 2.21 bits per heavy atom. The average molecular weight is 260 g/mol. The zero-order chi connectivity index (χ0) is 14.3. The van der Waals surface area contributed by atoms with Crippen molar-refractivity contribution in [3.8, 4) is 23.9 Å². The number of rotatable bonds is 7. The summed E-state index contributed by atoms with van der Waals surface area (Å²) in [5.74, 6) is 9.73. The van der Waals surface area contributed by atoms with Crippen LogP contribution in [0.2, 0.25) is 0 Å². The maximum atomic E-state index is 5.14. The van der Waals surface area contributed by atoms with E-state index in [0.717, 1.165) is 25.7 Å². The fraction of sp³-hybridized carbons (Fsp3) is 0.667. The van der Waals surface area contributed by atoms with Gasteiger partial charge < -0.3 is 4.74 Å². The van der Waals surface area contributed by atoms with Crippen LogP contribution in [0, 0.1) is 23.9 Å². The molecule has 0 saturated heterocycles. The summed E-state index contributed by atoms with van der Waals surface area (Å²) >= 11 is 0. The van der Waals surface area contributed by atoms with Crippen LogP contribution in [0.4, 0.5) is 0 Å². The van der Waals surface area contributed by atoms with Crippen LogP contribution >= 0.6 is 0 Å². The second-order valence-electron chi connectivity index (χ2n) is 4.48. The Morgan fingerprint density at radius 1 is 0.895 bits per heavy atom. The largest absolute Gasteiger partial charge is 0.447 e. The molecule has 0 amide bonds. The van der Waals surface area contributed by atoms with Gasteiger partial charge in [0.05, 0.1) is 6.61 Å². The van der Waals surface area contributed by atoms with Gasteiger partial charge >= 0.3 is 0 Å². The lowest BCUT2D eigenvalue weighted by atomic mass is 10.0. The Kier molecular flexibility index (Phi) is 12.2. The summed E-state index contributed by atoms with van der Waals surface area (Å²) in [7, 11) is 0. The molecule has 19 heavy (non-hydrogen) atoms. The van der Waals surface area contributed by atoms with Crippen LogP contribution in [-0.2, 0) is 4.74 Å². The van der Waals surface area contributed by atoms with E-state index in [0.29, 0.717) is 6.61 Å². The van der Waals surface area contributed by atoms with Gasteiger partial charge in [0.15, 0.2) is 0 Å². The van der Waals surface area contributed by atoms with E-state index in [1.165, 1.54) is 30.4 Å². The van der Waals surface area contributed by atoms with Crippen molar-refractivity contribution in [2.75, 3.05) is 6.61 Å². The second-order valence-corrected chi connectivity index (χ2v) is 4.48. The average Bonchev–Trinajstić information content (AvgIpc) is 2.43. The van der Waals surface area contributed by atoms with Gasteiger partial charge in [-0.05, 0) is 38.5 Å². The first-order chi connectivity index (χ1) is 9.29. The van der Waals surface area contributed by atoms with E-state index in [1.54, 1.807) is 0 Å². The lowest BCUT2D eigenvalue weighted by Gasteiger charge is -2.03. The van der Waals surface area contributed by atoms with E-state index < -0.39 is 0 Å². The highest BCUT2D eigenvalue weighted by molar-refractivity contribution is 5.42. The highest BCUT2D eigenvalue weighted by Crippen LogP contribution is 2.14. The molecule has 0 unspecified atom stereocenters. The molecule has 0 spiro atoms. The van der Waals surface area contributed by atoms with Gasteiger partial charge in [0.25, 0.3) is 0 Å². The molecule has 0 N–H and O–H groups in total. The molecule has 0 aromatic carbocycles. The van der Waals surface area contributed by atoms with E-state index in [1.807, 2.05) is 6.92 Å². The fourth-order valence-corrected chi connectivity index (χ4v) is 1.62. The molecule has 106 valence electrons. The number of ether oxygens (including phenoxy) is 1. The van der Waals surface area contributed by atoms with Crippen molar-refractivity contribution in [1.82, 2.24) is 0 Å². The first kappa shape index (κ1) is 17.7. The normalized spacial score (nSPS) is 10.7. The Bertz CT molecular complexity index is 368. The highest BCUT2D eigenvalue weighted by Gasteiger charge is 2.00. The molecule has 0 aliphatic heterocycles. The minimum atomic E-state index is 0.637. The van der Waals surface area contributed by atoms with Gasteiger partial charge in [-0.15, -0.1) is 0 Å². The van der Waals surface area contributed by atoms with Crippen LogP contribution in [0.1, 0.15) is 72.6 Å². The standard InChI is InChI=1S/C18H28O/c1-5-9-11-12-14-17(7-3)18(13-10-6-2)15-16-19-8-4/h5-11,13H2,1-4H3/b18-17-. The lowest BCUT2D eigenvalue weighted by Crippen LogP contribution is -1.89. The third-order valence-corrected chi connectivity index (χ3v) is 2.81. The zero-order valence-corrected chi connectivity index (χ0v) is 13.1. The minimum absolute atomic E-state index is 0.637. The van der Waals surface area contributed by atoms with Crippen molar-refractivity contribution >= 4 is 0 Å². The van der Waals surface area contributed by atoms with Gasteiger partial charge in [0.1, 0.15) is 6.11 Å². The van der Waals surface area contributed by atoms with Gasteiger partial charge in [-0.2, -0.15) is 0 Å². The van der Waals surface area contributed by atoms with Crippen LogP contribution in [0.5, 0.6) is 0 Å². The smallest absolute Gasteiger partial charge is 0.115 e. The first-order valence-electron chi connectivity index (χ1n) is 7.63. The van der Waals surface area contributed by atoms with Crippen LogP contribution in [0.15, 0.2) is 11.1 Å². The summed E-state index contributed by atoms with van der Waals surface area (Å²) in [6.45, 7) is 9.13. The molecule has 0 aromatic rings. The van der Waals surface area contributed by atoms with Crippen LogP contribution in [-0.4, -0.2) is 6.61 Å². The lowest BCUT2D eigenvalue weighted by molar-refractivity contribution is 0.299. The number of hydrogen-bond acceptors (Lipinski definition) is 1. The van der Waals surface area contributed by atoms with Crippen molar-refractivity contribution in [3.05, 3.63) is 11.1 Å². The van der Waals surface area contributed by atoms with E-state index in [-0.39, 0.29) is 0 Å². The second kappa shape index (κ2) is 13.1. The molecule has 0 aromatic heterocycles. The summed E-state index contributed by atoms with van der Waals surface area (Å²) in [5.41, 5.74) is 2.36. The summed E-state index contributed by atoms with van der Waals surface area (Å²) in [6, 6.07) is 0. The predicted molar refractivity (Wildman–Crippen MR) is 83.5 cm³/mol. The molecule has 0 aliphatic carbocycles. The van der Waals surface area contributed by atoms with Crippen molar-refractivity contribution in [3.63, 3.8) is 0 Å². The molecule has 0 atom stereocenters. The van der Waals surface area contributed by atoms with Gasteiger partial charge in [0, 0.05) is 17.6 Å². The Balaban J connectivity index is 4.90. The topological polar surface area (TPSA) is 9.23 Å². The number of hydrogen-bond donors (Lipinski definition) is 0. The summed E-state index contributed by atoms with van der Waals surface area (Å²) in [6.07, 6.45) is 10.5. The highest BCUT2D eigenvalue weighted by atomic mass is 16.5. The maximum Gasteiger partial charge on any atom is 0.115 e. The Labute approximate surface area is 119 Å². The molecule has 1 nitrogen and oxygen atoms in total. The van der Waals surface area contributed by atoms with E-state index in [2.05, 4.69) is 44.6 Å². The number of unbranched alkanes of at least 4 members (excludes halogenated alkanes) is 3. The molecule has 0 heterocycles. The fourth-order valence-electron chi connectivity index (χ4n) is 1.62. The summed E-state index contributed by atoms with van der Waals surface area (Å²) < 4.78 is 5.14. The zero-order valence-electron chi connectivity index (χ0n) is 13.1. The molecule has 0 aliphatic rings. The number of allylic oxidation sites excluding steroid dienone is 2. The third kappa shape index (κ3) is 9.26. The van der Waals surface area contributed by atoms with Crippen molar-refractivity contribution in [2.24, 2.45) is 0 Å². The van der Waals surface area contributed by atoms with Crippen LogP contribution < -0.4 is 0 Å². The molecule has 0 radical (unpaired) electrons. The summed E-state index contributed by atoms with van der Waals surface area (Å²) in [5, 5.41) is 0. The molecule has 0 rings (SSSR count). The molecular formula is C18H28O. The van der Waals surface area contributed by atoms with E-state index in [9.17, 15) is 0 Å². The van der Waals surface area contributed by atoms with Crippen LogP contribution in [0.3, 0.4) is 0 Å². The minimum Gasteiger partial charge on any atom is -0.447 e. The van der Waals surface area contributed by atoms with Crippen molar-refractivity contribution in [1.29, 1.82) is 0 Å². The quantitative estimate of drug-likeness (QED) is 0.458. The summed E-state index contributed by atoms with van der Waals surface area (Å²) in [4.78, 5) is 0.